The Balaban J connectivity index is 0.000000695. The maximum atomic E-state index is 11.4. The molecule has 200 valence electrons. The summed E-state index contributed by atoms with van der Waals surface area (Å²) in [4.78, 5) is 18.3. The van der Waals surface area contributed by atoms with Gasteiger partial charge in [0.25, 0.3) is 5.89 Å². The Morgan fingerprint density at radius 3 is 2.27 bits per heavy atom. The first kappa shape index (κ1) is 28.8. The van der Waals surface area contributed by atoms with Gasteiger partial charge in [-0.25, -0.2) is 0 Å². The van der Waals surface area contributed by atoms with Gasteiger partial charge in [0.1, 0.15) is 0 Å². The van der Waals surface area contributed by atoms with Gasteiger partial charge >= 0.3 is 5.97 Å². The van der Waals surface area contributed by atoms with Gasteiger partial charge in [-0.2, -0.15) is 4.98 Å². The molecule has 1 saturated heterocycles. The lowest BCUT2D eigenvalue weighted by Crippen LogP contribution is -2.42. The van der Waals surface area contributed by atoms with E-state index >= 15 is 0 Å². The molecule has 1 aliphatic rings. The summed E-state index contributed by atoms with van der Waals surface area (Å²) in [5, 5.41) is 14.2. The van der Waals surface area contributed by atoms with Gasteiger partial charge in [0, 0.05) is 28.2 Å². The average molecular weight is 527 g/mol. The molecule has 0 amide bonds. The lowest BCUT2D eigenvalue weighted by Gasteiger charge is -2.36. The van der Waals surface area contributed by atoms with E-state index in [1.165, 1.54) is 5.56 Å². The normalized spacial score (nSPS) is 15.6. The van der Waals surface area contributed by atoms with Crippen LogP contribution in [0.4, 0.5) is 0 Å². The van der Waals surface area contributed by atoms with E-state index in [4.69, 9.17) is 21.9 Å². The zero-order valence-corrected chi connectivity index (χ0v) is 23.3. The summed E-state index contributed by atoms with van der Waals surface area (Å²) in [5.41, 5.74) is 8.74. The highest BCUT2D eigenvalue weighted by molar-refractivity contribution is 6.31. The molecule has 3 aromatic rings. The van der Waals surface area contributed by atoms with Gasteiger partial charge in [-0.05, 0) is 83.3 Å². The first-order chi connectivity index (χ1) is 17.4. The number of piperidine rings is 1. The van der Waals surface area contributed by atoms with Crippen molar-refractivity contribution in [3.8, 4) is 22.8 Å². The van der Waals surface area contributed by atoms with Crippen LogP contribution in [0, 0.1) is 5.41 Å². The van der Waals surface area contributed by atoms with Crippen LogP contribution < -0.4 is 5.73 Å². The van der Waals surface area contributed by atoms with E-state index in [0.717, 1.165) is 54.2 Å². The third-order valence-electron chi connectivity index (χ3n) is 6.34. The zero-order valence-electron chi connectivity index (χ0n) is 22.6. The fourth-order valence-corrected chi connectivity index (χ4v) is 4.32. The number of rotatable bonds is 7. The quantitative estimate of drug-likeness (QED) is 0.365. The van der Waals surface area contributed by atoms with Crippen LogP contribution >= 0.6 is 11.6 Å². The lowest BCUT2D eigenvalue weighted by atomic mass is 9.80. The van der Waals surface area contributed by atoms with Crippen molar-refractivity contribution in [2.24, 2.45) is 11.1 Å². The summed E-state index contributed by atoms with van der Waals surface area (Å²) in [6, 6.07) is 14.0. The Labute approximate surface area is 225 Å². The molecule has 3 N–H and O–H groups in total. The van der Waals surface area contributed by atoms with Gasteiger partial charge in [-0.1, -0.05) is 60.4 Å². The highest BCUT2D eigenvalue weighted by atomic mass is 35.5. The number of carboxylic acid groups (broad SMARTS) is 1. The Bertz CT molecular complexity index is 1170. The van der Waals surface area contributed by atoms with Crippen LogP contribution in [0.1, 0.15) is 65.0 Å². The summed E-state index contributed by atoms with van der Waals surface area (Å²) in [5.74, 6) is 0.291. The molecule has 0 atom stereocenters. The van der Waals surface area contributed by atoms with Crippen molar-refractivity contribution in [1.29, 1.82) is 0 Å². The molecule has 1 fully saturated rings. The van der Waals surface area contributed by atoms with Crippen molar-refractivity contribution in [2.45, 2.75) is 72.4 Å². The van der Waals surface area contributed by atoms with E-state index in [0.29, 0.717) is 24.6 Å². The van der Waals surface area contributed by atoms with Gasteiger partial charge in [0.05, 0.1) is 5.41 Å². The highest BCUT2D eigenvalue weighted by Crippen LogP contribution is 2.32. The molecule has 0 saturated carbocycles. The van der Waals surface area contributed by atoms with Crippen molar-refractivity contribution in [2.75, 3.05) is 13.1 Å². The molecular weight excluding hydrogens is 488 g/mol. The maximum absolute atomic E-state index is 11.4. The number of aromatic nitrogens is 2. The minimum atomic E-state index is -0.694. The maximum Gasteiger partial charge on any atom is 0.309 e. The molecule has 2 heterocycles. The molecule has 4 rings (SSSR count). The summed E-state index contributed by atoms with van der Waals surface area (Å²) in [6.45, 7) is 12.2. The van der Waals surface area contributed by atoms with Crippen molar-refractivity contribution < 1.29 is 14.4 Å². The Kier molecular flexibility index (Phi) is 9.51. The number of hydrogen-bond acceptors (Lipinski definition) is 6. The van der Waals surface area contributed by atoms with E-state index in [9.17, 15) is 9.90 Å². The Hall–Kier alpha value is -2.74. The molecular formula is C29H39ClN4O3. The molecule has 37 heavy (non-hydrogen) atoms. The fraction of sp³-hybridized carbons (Fsp3) is 0.483. The second kappa shape index (κ2) is 12.2. The molecule has 0 radical (unpaired) electrons. The monoisotopic (exact) mass is 526 g/mol. The predicted molar refractivity (Wildman–Crippen MR) is 148 cm³/mol. The third-order valence-corrected chi connectivity index (χ3v) is 6.69. The summed E-state index contributed by atoms with van der Waals surface area (Å²) < 4.78 is 5.47. The first-order valence-corrected chi connectivity index (χ1v) is 13.2. The fourth-order valence-electron chi connectivity index (χ4n) is 4.05. The molecule has 0 spiro atoms. The van der Waals surface area contributed by atoms with Crippen LogP contribution in [0.25, 0.3) is 22.8 Å². The topological polar surface area (TPSA) is 105 Å². The number of nitrogens with two attached hydrogens (primary N) is 1. The minimum absolute atomic E-state index is 0. The number of aryl methyl sites for hydroxylation is 1. The van der Waals surface area contributed by atoms with E-state index in [-0.39, 0.29) is 5.54 Å². The number of likely N-dealkylation sites (tertiary alicyclic amines) is 1. The number of carboxylic acids is 1. The summed E-state index contributed by atoms with van der Waals surface area (Å²) in [7, 11) is 0. The van der Waals surface area contributed by atoms with Crippen LogP contribution in [-0.4, -0.2) is 44.7 Å². The van der Waals surface area contributed by atoms with Gasteiger partial charge in [-0.15, -0.1) is 0 Å². The van der Waals surface area contributed by atoms with Crippen LogP contribution in [0.5, 0.6) is 0 Å². The average Bonchev–Trinajstić information content (AvgIpc) is 3.32. The summed E-state index contributed by atoms with van der Waals surface area (Å²) in [6.07, 6.45) is 3.33. The first-order valence-electron chi connectivity index (χ1n) is 12.8. The Morgan fingerprint density at radius 1 is 1.14 bits per heavy atom. The smallest absolute Gasteiger partial charge is 0.309 e. The van der Waals surface area contributed by atoms with Crippen molar-refractivity contribution in [3.63, 3.8) is 0 Å². The molecule has 2 aromatic carbocycles. The Morgan fingerprint density at radius 2 is 1.73 bits per heavy atom. The molecule has 0 unspecified atom stereocenters. The number of halogens is 1. The zero-order chi connectivity index (χ0) is 27.2. The largest absolute Gasteiger partial charge is 0.481 e. The standard InChI is InChI=1S/C25H28ClN3O3.C4H11N/c1-3-4-18-9-10-20(15-21(18)26)23-27-22(28-32-23)19-7-5-17(6-8-19)16-29-13-11-25(2,12-14-29)24(30)31;1-4(2,3)5/h5-10,15H,3-4,11-14,16H2,1-2H3,(H,30,31);5H2,1-3H3. The number of hydrogen-bond donors (Lipinski definition) is 2. The van der Waals surface area contributed by atoms with Gasteiger partial charge in [0.2, 0.25) is 5.82 Å². The molecule has 1 aliphatic heterocycles. The lowest BCUT2D eigenvalue weighted by molar-refractivity contribution is -0.150. The highest BCUT2D eigenvalue weighted by Gasteiger charge is 2.36. The van der Waals surface area contributed by atoms with E-state index in [2.05, 4.69) is 34.1 Å². The van der Waals surface area contributed by atoms with Gasteiger partial charge in [-0.3, -0.25) is 9.69 Å². The van der Waals surface area contributed by atoms with E-state index < -0.39 is 11.4 Å². The van der Waals surface area contributed by atoms with Crippen LogP contribution in [-0.2, 0) is 17.8 Å². The number of nitrogens with zero attached hydrogens (tertiary/aromatic N) is 3. The number of benzene rings is 2. The van der Waals surface area contributed by atoms with Crippen LogP contribution in [0.15, 0.2) is 47.0 Å². The SMILES string of the molecule is CC(C)(C)N.CCCc1ccc(-c2nc(-c3ccc(CN4CCC(C)(C(=O)O)CC4)cc3)no2)cc1Cl. The van der Waals surface area contributed by atoms with Crippen molar-refractivity contribution >= 4 is 17.6 Å². The molecule has 7 nitrogen and oxygen atoms in total. The van der Waals surface area contributed by atoms with Crippen molar-refractivity contribution in [1.82, 2.24) is 15.0 Å². The minimum Gasteiger partial charge on any atom is -0.481 e. The van der Waals surface area contributed by atoms with Crippen LogP contribution in [0.3, 0.4) is 0 Å². The number of carbonyl (C=O) groups is 1. The van der Waals surface area contributed by atoms with Gasteiger partial charge < -0.3 is 15.4 Å². The van der Waals surface area contributed by atoms with E-state index in [1.807, 2.05) is 58.0 Å². The van der Waals surface area contributed by atoms with Crippen molar-refractivity contribution in [3.05, 3.63) is 58.6 Å². The second-order valence-electron chi connectivity index (χ2n) is 11.2. The molecule has 0 aliphatic carbocycles. The van der Waals surface area contributed by atoms with Gasteiger partial charge in [0.15, 0.2) is 0 Å². The molecule has 1 aromatic heterocycles. The summed E-state index contributed by atoms with van der Waals surface area (Å²) >= 11 is 6.39. The second-order valence-corrected chi connectivity index (χ2v) is 11.6. The molecule has 8 heteroatoms. The number of aliphatic carboxylic acids is 1. The molecule has 0 bridgehead atoms. The predicted octanol–water partition coefficient (Wildman–Crippen LogP) is 6.44. The van der Waals surface area contributed by atoms with Crippen LogP contribution in [0.2, 0.25) is 5.02 Å². The van der Waals surface area contributed by atoms with E-state index in [1.54, 1.807) is 0 Å². The third kappa shape index (κ3) is 8.38.